The molecule has 4 rings (SSSR count). The number of nitrogens with zero attached hydrogens (tertiary/aromatic N) is 2. The van der Waals surface area contributed by atoms with Gasteiger partial charge in [-0.25, -0.2) is 0 Å². The Kier molecular flexibility index (Phi) is 3.61. The molecular formula is C16H15N3O4S. The zero-order chi connectivity index (χ0) is 16.7. The van der Waals surface area contributed by atoms with Gasteiger partial charge in [0, 0.05) is 18.7 Å². The summed E-state index contributed by atoms with van der Waals surface area (Å²) < 4.78 is 14.6. The number of hydrogen-bond acceptors (Lipinski definition) is 6. The van der Waals surface area contributed by atoms with Crippen molar-refractivity contribution in [1.82, 2.24) is 9.27 Å². The monoisotopic (exact) mass is 345 g/mol. The molecule has 2 aliphatic rings. The Bertz CT molecular complexity index is 813. The largest absolute Gasteiger partial charge is 0.454 e. The molecule has 2 aliphatic heterocycles. The number of anilines is 1. The van der Waals surface area contributed by atoms with E-state index in [-0.39, 0.29) is 24.5 Å². The van der Waals surface area contributed by atoms with Crippen LogP contribution in [0.3, 0.4) is 0 Å². The lowest BCUT2D eigenvalue weighted by Gasteiger charge is -2.38. The normalized spacial score (nSPS) is 16.0. The second kappa shape index (κ2) is 5.79. The summed E-state index contributed by atoms with van der Waals surface area (Å²) in [4.78, 5) is 26.3. The smallest absolute Gasteiger partial charge is 0.254 e. The number of benzene rings is 1. The molecule has 1 N–H and O–H groups in total. The van der Waals surface area contributed by atoms with E-state index in [0.717, 1.165) is 10.7 Å². The molecule has 0 spiro atoms. The van der Waals surface area contributed by atoms with Gasteiger partial charge in [-0.1, -0.05) is 0 Å². The van der Waals surface area contributed by atoms with Crippen molar-refractivity contribution in [3.8, 4) is 11.5 Å². The van der Waals surface area contributed by atoms with Crippen LogP contribution in [0.4, 0.5) is 5.00 Å². The molecule has 0 aliphatic carbocycles. The molecule has 0 unspecified atom stereocenters. The van der Waals surface area contributed by atoms with E-state index in [1.165, 1.54) is 11.5 Å². The minimum atomic E-state index is -0.189. The quantitative estimate of drug-likeness (QED) is 0.919. The zero-order valence-electron chi connectivity index (χ0n) is 12.9. The first-order valence-corrected chi connectivity index (χ1v) is 8.30. The molecule has 24 heavy (non-hydrogen) atoms. The summed E-state index contributed by atoms with van der Waals surface area (Å²) in [6.45, 7) is 2.88. The van der Waals surface area contributed by atoms with Gasteiger partial charge in [-0.15, -0.1) is 0 Å². The summed E-state index contributed by atoms with van der Waals surface area (Å²) in [5.41, 5.74) is 1.42. The highest BCUT2D eigenvalue weighted by molar-refractivity contribution is 7.10. The molecule has 1 saturated heterocycles. The molecule has 2 aromatic rings. The van der Waals surface area contributed by atoms with Gasteiger partial charge in [0.15, 0.2) is 11.5 Å². The molecule has 2 amide bonds. The van der Waals surface area contributed by atoms with Crippen LogP contribution in [-0.4, -0.2) is 41.0 Å². The van der Waals surface area contributed by atoms with E-state index in [9.17, 15) is 9.59 Å². The van der Waals surface area contributed by atoms with Crippen LogP contribution in [0.1, 0.15) is 16.1 Å². The number of rotatable bonds is 3. The average Bonchev–Trinajstić information content (AvgIpc) is 3.13. The fraction of sp³-hybridized carbons (Fsp3) is 0.312. The summed E-state index contributed by atoms with van der Waals surface area (Å²) in [5.74, 6) is 0.855. The molecule has 7 nitrogen and oxygen atoms in total. The molecule has 1 aromatic carbocycles. The van der Waals surface area contributed by atoms with E-state index in [2.05, 4.69) is 9.69 Å². The van der Waals surface area contributed by atoms with E-state index < -0.39 is 0 Å². The highest BCUT2D eigenvalue weighted by Crippen LogP contribution is 2.33. The van der Waals surface area contributed by atoms with Crippen molar-refractivity contribution in [3.05, 3.63) is 35.5 Å². The van der Waals surface area contributed by atoms with Crippen LogP contribution in [0.15, 0.2) is 24.3 Å². The van der Waals surface area contributed by atoms with Crippen LogP contribution < -0.4 is 14.8 Å². The van der Waals surface area contributed by atoms with Gasteiger partial charge in [-0.3, -0.25) is 9.59 Å². The van der Waals surface area contributed by atoms with Crippen molar-refractivity contribution in [2.75, 3.05) is 25.2 Å². The first-order valence-electron chi connectivity index (χ1n) is 7.53. The number of nitrogens with one attached hydrogen (secondary N) is 1. The van der Waals surface area contributed by atoms with Gasteiger partial charge in [0.25, 0.3) is 5.91 Å². The molecule has 0 bridgehead atoms. The number of ether oxygens (including phenoxy) is 2. The Labute approximate surface area is 142 Å². The summed E-state index contributed by atoms with van der Waals surface area (Å²) in [5, 5.41) is 3.57. The lowest BCUT2D eigenvalue weighted by atomic mass is 9.98. The topological polar surface area (TPSA) is 80.8 Å². The number of amides is 2. The predicted molar refractivity (Wildman–Crippen MR) is 87.4 cm³/mol. The van der Waals surface area contributed by atoms with Crippen molar-refractivity contribution < 1.29 is 19.1 Å². The van der Waals surface area contributed by atoms with Gasteiger partial charge >= 0.3 is 0 Å². The molecule has 8 heteroatoms. The second-order valence-electron chi connectivity index (χ2n) is 5.80. The number of aryl methyl sites for hydroxylation is 1. The minimum absolute atomic E-state index is 0.0756. The molecule has 0 atom stereocenters. The van der Waals surface area contributed by atoms with Crippen LogP contribution in [0.25, 0.3) is 0 Å². The zero-order valence-corrected chi connectivity index (χ0v) is 13.8. The van der Waals surface area contributed by atoms with Crippen molar-refractivity contribution in [3.63, 3.8) is 0 Å². The number of carbonyl (C=O) groups excluding carboxylic acids is 2. The van der Waals surface area contributed by atoms with Crippen molar-refractivity contribution in [1.29, 1.82) is 0 Å². The maximum absolute atomic E-state index is 12.4. The maximum atomic E-state index is 12.4. The van der Waals surface area contributed by atoms with Crippen LogP contribution in [-0.2, 0) is 4.79 Å². The number of carbonyl (C=O) groups is 2. The Morgan fingerprint density at radius 1 is 1.25 bits per heavy atom. The lowest BCUT2D eigenvalue weighted by molar-refractivity contribution is -0.123. The Morgan fingerprint density at radius 3 is 2.79 bits per heavy atom. The third-order valence-electron chi connectivity index (χ3n) is 4.03. The Balaban J connectivity index is 1.35. The summed E-state index contributed by atoms with van der Waals surface area (Å²) in [7, 11) is 0. The van der Waals surface area contributed by atoms with E-state index >= 15 is 0 Å². The summed E-state index contributed by atoms with van der Waals surface area (Å²) in [6, 6.07) is 6.95. The van der Waals surface area contributed by atoms with Crippen molar-refractivity contribution >= 4 is 28.3 Å². The molecule has 0 saturated carbocycles. The van der Waals surface area contributed by atoms with Gasteiger partial charge in [0.1, 0.15) is 5.00 Å². The highest BCUT2D eigenvalue weighted by Gasteiger charge is 2.36. The molecule has 0 radical (unpaired) electrons. The number of aromatic nitrogens is 1. The van der Waals surface area contributed by atoms with Crippen molar-refractivity contribution in [2.24, 2.45) is 5.92 Å². The SMILES string of the molecule is Cc1cc(NC(=O)C2CN(C(=O)c3ccc4c(c3)OCO4)C2)sn1. The minimum Gasteiger partial charge on any atom is -0.454 e. The van der Waals surface area contributed by atoms with Crippen LogP contribution in [0.5, 0.6) is 11.5 Å². The maximum Gasteiger partial charge on any atom is 0.254 e. The predicted octanol–water partition coefficient (Wildman–Crippen LogP) is 1.89. The van der Waals surface area contributed by atoms with Gasteiger partial charge in [0.2, 0.25) is 12.7 Å². The molecule has 124 valence electrons. The first-order chi connectivity index (χ1) is 11.6. The van der Waals surface area contributed by atoms with E-state index in [1.807, 2.05) is 13.0 Å². The number of hydrogen-bond donors (Lipinski definition) is 1. The van der Waals surface area contributed by atoms with Crippen LogP contribution in [0, 0.1) is 12.8 Å². The Hall–Kier alpha value is -2.61. The second-order valence-corrected chi connectivity index (χ2v) is 6.60. The molecule has 1 aromatic heterocycles. The first kappa shape index (κ1) is 14.9. The fourth-order valence-electron chi connectivity index (χ4n) is 2.67. The summed E-state index contributed by atoms with van der Waals surface area (Å²) >= 11 is 1.26. The highest BCUT2D eigenvalue weighted by atomic mass is 32.1. The van der Waals surface area contributed by atoms with Crippen LogP contribution in [0.2, 0.25) is 0 Å². The van der Waals surface area contributed by atoms with Gasteiger partial charge in [-0.2, -0.15) is 4.37 Å². The summed E-state index contributed by atoms with van der Waals surface area (Å²) in [6.07, 6.45) is 0. The van der Waals surface area contributed by atoms with Gasteiger partial charge in [0.05, 0.1) is 11.6 Å². The third kappa shape index (κ3) is 2.69. The van der Waals surface area contributed by atoms with Gasteiger partial charge < -0.3 is 19.7 Å². The van der Waals surface area contributed by atoms with Crippen LogP contribution >= 0.6 is 11.5 Å². The van der Waals surface area contributed by atoms with Crippen molar-refractivity contribution in [2.45, 2.75) is 6.92 Å². The van der Waals surface area contributed by atoms with E-state index in [1.54, 1.807) is 23.1 Å². The van der Waals surface area contributed by atoms with E-state index in [0.29, 0.717) is 30.2 Å². The average molecular weight is 345 g/mol. The third-order valence-corrected chi connectivity index (χ3v) is 4.83. The lowest BCUT2D eigenvalue weighted by Crippen LogP contribution is -2.54. The van der Waals surface area contributed by atoms with Gasteiger partial charge in [-0.05, 0) is 42.7 Å². The number of likely N-dealkylation sites (tertiary alicyclic amines) is 1. The molecule has 3 heterocycles. The number of fused-ring (bicyclic) bond motifs is 1. The molecule has 1 fully saturated rings. The standard InChI is InChI=1S/C16H15N3O4S/c1-9-4-14(24-18-9)17-15(20)11-6-19(7-11)16(21)10-2-3-12-13(5-10)23-8-22-12/h2-5,11H,6-8H2,1H3,(H,17,20). The fourth-order valence-corrected chi connectivity index (χ4v) is 3.33. The van der Waals surface area contributed by atoms with E-state index in [4.69, 9.17) is 9.47 Å². The molecular weight excluding hydrogens is 330 g/mol. The Morgan fingerprint density at radius 2 is 2.04 bits per heavy atom.